The number of imide groups is 2. The number of rotatable bonds is 5. The number of hydrogen-bond acceptors (Lipinski definition) is 7. The molecular formula is C35H33N3O6. The zero-order valence-electron chi connectivity index (χ0n) is 24.7. The van der Waals surface area contributed by atoms with Crippen molar-refractivity contribution in [3.05, 3.63) is 101 Å². The minimum atomic E-state index is -1.48. The van der Waals surface area contributed by atoms with Crippen LogP contribution < -0.4 is 10.2 Å². The molecule has 0 bridgehead atoms. The highest BCUT2D eigenvalue weighted by molar-refractivity contribution is 6.13. The number of nitrogens with zero attached hydrogens (tertiary/aromatic N) is 2. The SMILES string of the molecule is COc1cccc(O)c1C1C2=CCC3C(=O)N(C)C(=O)C3C2CC2C(=O)N(Nc3ccc(C)cc3)C(=O)C21c1ccccc1. The van der Waals surface area contributed by atoms with Gasteiger partial charge in [-0.2, -0.15) is 5.01 Å². The van der Waals surface area contributed by atoms with Crippen LogP contribution in [0.2, 0.25) is 0 Å². The van der Waals surface area contributed by atoms with Crippen molar-refractivity contribution >= 4 is 29.3 Å². The quantitative estimate of drug-likeness (QED) is 0.335. The zero-order chi connectivity index (χ0) is 30.9. The van der Waals surface area contributed by atoms with Crippen molar-refractivity contribution in [3.8, 4) is 11.5 Å². The highest BCUT2D eigenvalue weighted by atomic mass is 16.5. The number of benzene rings is 3. The summed E-state index contributed by atoms with van der Waals surface area (Å²) in [6, 6.07) is 21.5. The minimum absolute atomic E-state index is 0.0804. The van der Waals surface area contributed by atoms with Gasteiger partial charge >= 0.3 is 0 Å². The molecule has 224 valence electrons. The number of fused-ring (bicyclic) bond motifs is 4. The summed E-state index contributed by atoms with van der Waals surface area (Å²) in [5.41, 5.74) is 4.97. The van der Waals surface area contributed by atoms with Gasteiger partial charge in [0.25, 0.3) is 11.8 Å². The van der Waals surface area contributed by atoms with E-state index in [2.05, 4.69) is 5.43 Å². The molecule has 3 fully saturated rings. The van der Waals surface area contributed by atoms with Crippen molar-refractivity contribution in [2.45, 2.75) is 31.1 Å². The summed E-state index contributed by atoms with van der Waals surface area (Å²) in [5.74, 6) is -4.57. The van der Waals surface area contributed by atoms with Crippen LogP contribution in [0.5, 0.6) is 11.5 Å². The van der Waals surface area contributed by atoms with E-state index in [4.69, 9.17) is 4.74 Å². The second kappa shape index (κ2) is 10.1. The standard InChI is InChI=1S/C35H33N3O6/c1-19-12-14-21(15-13-19)36-38-32(41)25-18-24-22(16-17-23-28(24)33(42)37(2)31(23)40)30(29-26(39)10-7-11-27(29)44-3)35(25,34(38)43)20-8-5-4-6-9-20/h4-16,23-25,28,30,36,39H,17-18H2,1-3H3. The number of allylic oxidation sites excluding steroid dienone is 2. The first-order valence-corrected chi connectivity index (χ1v) is 14.8. The van der Waals surface area contributed by atoms with Crippen molar-refractivity contribution in [1.82, 2.24) is 9.91 Å². The average molecular weight is 592 g/mol. The summed E-state index contributed by atoms with van der Waals surface area (Å²) in [7, 11) is 3.00. The van der Waals surface area contributed by atoms with E-state index in [0.29, 0.717) is 29.0 Å². The molecule has 6 unspecified atom stereocenters. The van der Waals surface area contributed by atoms with Gasteiger partial charge in [0.15, 0.2) is 0 Å². The van der Waals surface area contributed by atoms with E-state index >= 15 is 4.79 Å². The molecule has 0 aromatic heterocycles. The lowest BCUT2D eigenvalue weighted by Crippen LogP contribution is -2.53. The van der Waals surface area contributed by atoms with E-state index in [9.17, 15) is 19.5 Å². The van der Waals surface area contributed by atoms with Crippen molar-refractivity contribution in [2.24, 2.45) is 23.7 Å². The van der Waals surface area contributed by atoms with Gasteiger partial charge < -0.3 is 9.84 Å². The smallest absolute Gasteiger partial charge is 0.260 e. The Kier molecular flexibility index (Phi) is 6.39. The number of likely N-dealkylation sites (tertiary alicyclic amines) is 1. The molecule has 2 saturated heterocycles. The van der Waals surface area contributed by atoms with Gasteiger partial charge in [0.2, 0.25) is 11.8 Å². The van der Waals surface area contributed by atoms with Gasteiger partial charge in [-0.15, -0.1) is 0 Å². The van der Waals surface area contributed by atoms with Crippen molar-refractivity contribution < 1.29 is 29.0 Å². The third kappa shape index (κ3) is 3.71. The predicted molar refractivity (Wildman–Crippen MR) is 161 cm³/mol. The van der Waals surface area contributed by atoms with Crippen molar-refractivity contribution in [2.75, 3.05) is 19.6 Å². The van der Waals surface area contributed by atoms with Crippen LogP contribution in [0.25, 0.3) is 0 Å². The molecule has 3 aromatic rings. The molecule has 9 nitrogen and oxygen atoms in total. The molecular weight excluding hydrogens is 558 g/mol. The maximum absolute atomic E-state index is 15.1. The predicted octanol–water partition coefficient (Wildman–Crippen LogP) is 4.32. The summed E-state index contributed by atoms with van der Waals surface area (Å²) < 4.78 is 5.78. The van der Waals surface area contributed by atoms with Gasteiger partial charge in [-0.05, 0) is 55.5 Å². The fourth-order valence-electron chi connectivity index (χ4n) is 8.22. The summed E-state index contributed by atoms with van der Waals surface area (Å²) in [4.78, 5) is 57.5. The first-order valence-electron chi connectivity index (χ1n) is 14.8. The van der Waals surface area contributed by atoms with Gasteiger partial charge in [-0.3, -0.25) is 29.5 Å². The van der Waals surface area contributed by atoms with Gasteiger partial charge in [0.05, 0.1) is 36.0 Å². The lowest BCUT2D eigenvalue weighted by atomic mass is 9.49. The Morgan fingerprint density at radius 1 is 0.886 bits per heavy atom. The van der Waals surface area contributed by atoms with Crippen LogP contribution in [-0.4, -0.2) is 52.8 Å². The monoisotopic (exact) mass is 591 g/mol. The van der Waals surface area contributed by atoms with Gasteiger partial charge in [-0.1, -0.05) is 65.7 Å². The van der Waals surface area contributed by atoms with E-state index < -0.39 is 46.8 Å². The molecule has 2 aliphatic heterocycles. The Hall–Kier alpha value is -4.92. The van der Waals surface area contributed by atoms with Crippen LogP contribution in [0.4, 0.5) is 5.69 Å². The van der Waals surface area contributed by atoms with Gasteiger partial charge in [0, 0.05) is 18.5 Å². The Balaban J connectivity index is 1.50. The van der Waals surface area contributed by atoms with Crippen molar-refractivity contribution in [3.63, 3.8) is 0 Å². The van der Waals surface area contributed by atoms with Crippen LogP contribution >= 0.6 is 0 Å². The number of amides is 4. The number of hydrogen-bond donors (Lipinski definition) is 2. The van der Waals surface area contributed by atoms with Crippen molar-refractivity contribution in [1.29, 1.82) is 0 Å². The zero-order valence-corrected chi connectivity index (χ0v) is 24.7. The molecule has 7 rings (SSSR count). The summed E-state index contributed by atoms with van der Waals surface area (Å²) in [6.07, 6.45) is 2.47. The Morgan fingerprint density at radius 3 is 2.32 bits per heavy atom. The first kappa shape index (κ1) is 27.9. The number of methoxy groups -OCH3 is 1. The minimum Gasteiger partial charge on any atom is -0.508 e. The molecule has 2 aliphatic carbocycles. The second-order valence-corrected chi connectivity index (χ2v) is 12.2. The number of anilines is 1. The molecule has 44 heavy (non-hydrogen) atoms. The highest BCUT2D eigenvalue weighted by Crippen LogP contribution is 2.65. The molecule has 0 radical (unpaired) electrons. The van der Waals surface area contributed by atoms with Crippen LogP contribution in [-0.2, 0) is 24.6 Å². The van der Waals surface area contributed by atoms with Gasteiger partial charge in [0.1, 0.15) is 11.5 Å². The molecule has 4 aliphatic rings. The number of hydrazine groups is 1. The summed E-state index contributed by atoms with van der Waals surface area (Å²) in [5, 5.41) is 12.6. The van der Waals surface area contributed by atoms with Crippen LogP contribution in [0.3, 0.4) is 0 Å². The number of phenols is 1. The van der Waals surface area contributed by atoms with E-state index in [0.717, 1.165) is 16.1 Å². The molecule has 0 spiro atoms. The number of ether oxygens (including phenoxy) is 1. The number of carbonyl (C=O) groups excluding carboxylic acids is 4. The molecule has 4 amide bonds. The lowest BCUT2D eigenvalue weighted by Gasteiger charge is -2.50. The molecule has 2 N–H and O–H groups in total. The Morgan fingerprint density at radius 2 is 1.61 bits per heavy atom. The van der Waals surface area contributed by atoms with E-state index in [1.165, 1.54) is 19.1 Å². The normalized spacial score (nSPS) is 29.2. The van der Waals surface area contributed by atoms with Crippen LogP contribution in [0.1, 0.15) is 35.4 Å². The fraction of sp³-hybridized carbons (Fsp3) is 0.314. The Bertz CT molecular complexity index is 1730. The van der Waals surface area contributed by atoms with Gasteiger partial charge in [-0.25, -0.2) is 0 Å². The number of nitrogens with one attached hydrogen (secondary N) is 1. The third-order valence-electron chi connectivity index (χ3n) is 10.2. The number of carbonyl (C=O) groups is 4. The maximum atomic E-state index is 15.1. The highest BCUT2D eigenvalue weighted by Gasteiger charge is 2.70. The number of aromatic hydroxyl groups is 1. The summed E-state index contributed by atoms with van der Waals surface area (Å²) in [6.45, 7) is 1.95. The average Bonchev–Trinajstić information content (AvgIpc) is 3.39. The fourth-order valence-corrected chi connectivity index (χ4v) is 8.22. The topological polar surface area (TPSA) is 116 Å². The largest absolute Gasteiger partial charge is 0.508 e. The molecule has 1 saturated carbocycles. The molecule has 9 heteroatoms. The molecule has 6 atom stereocenters. The van der Waals surface area contributed by atoms with E-state index in [-0.39, 0.29) is 24.0 Å². The molecule has 2 heterocycles. The number of phenolic OH excluding ortho intramolecular Hbond substituents is 1. The Labute approximate surface area is 255 Å². The first-order chi connectivity index (χ1) is 21.2. The van der Waals surface area contributed by atoms with Crippen LogP contribution in [0, 0.1) is 30.6 Å². The van der Waals surface area contributed by atoms with E-state index in [1.807, 2.05) is 67.6 Å². The van der Waals surface area contributed by atoms with E-state index in [1.54, 1.807) is 18.2 Å². The summed E-state index contributed by atoms with van der Waals surface area (Å²) >= 11 is 0. The van der Waals surface area contributed by atoms with Crippen LogP contribution in [0.15, 0.2) is 84.4 Å². The maximum Gasteiger partial charge on any atom is 0.260 e. The molecule has 3 aromatic carbocycles. The lowest BCUT2D eigenvalue weighted by molar-refractivity contribution is -0.140. The second-order valence-electron chi connectivity index (χ2n) is 12.2. The number of aryl methyl sites for hydroxylation is 1. The third-order valence-corrected chi connectivity index (χ3v) is 10.2.